The molecular formula is C25H29ClF3N5O5S. The maximum Gasteiger partial charge on any atom is 0.405 e. The number of piperidine rings is 1. The minimum absolute atomic E-state index is 0.0476. The van der Waals surface area contributed by atoms with E-state index < -0.39 is 45.8 Å². The first-order valence-corrected chi connectivity index (χ1v) is 14.4. The molecule has 40 heavy (non-hydrogen) atoms. The normalized spacial score (nSPS) is 21.2. The van der Waals surface area contributed by atoms with Crippen LogP contribution in [0.25, 0.3) is 0 Å². The van der Waals surface area contributed by atoms with Gasteiger partial charge in [0.2, 0.25) is 10.0 Å². The molecule has 2 saturated heterocycles. The number of hydrogen-bond donors (Lipinski definition) is 3. The number of hydrogen-bond acceptors (Lipinski definition) is 7. The molecule has 2 aliphatic rings. The van der Waals surface area contributed by atoms with Gasteiger partial charge in [-0.1, -0.05) is 11.6 Å². The van der Waals surface area contributed by atoms with Crippen molar-refractivity contribution < 1.29 is 35.9 Å². The average molecular weight is 604 g/mol. The van der Waals surface area contributed by atoms with Crippen LogP contribution >= 0.6 is 11.6 Å². The van der Waals surface area contributed by atoms with E-state index in [0.29, 0.717) is 19.3 Å². The fourth-order valence-corrected chi connectivity index (χ4v) is 6.15. The second-order valence-electron chi connectivity index (χ2n) is 10.4. The van der Waals surface area contributed by atoms with Crippen molar-refractivity contribution in [2.45, 2.75) is 74.3 Å². The van der Waals surface area contributed by atoms with E-state index >= 15 is 0 Å². The smallest absolute Gasteiger partial charge is 0.405 e. The number of halogens is 4. The van der Waals surface area contributed by atoms with Crippen LogP contribution in [0.4, 0.5) is 19.0 Å². The number of nitrogens with two attached hydrogens (primary N) is 1. The summed E-state index contributed by atoms with van der Waals surface area (Å²) >= 11 is 5.93. The molecule has 3 heterocycles. The van der Waals surface area contributed by atoms with Crippen molar-refractivity contribution in [2.75, 3.05) is 11.4 Å². The minimum atomic E-state index is -4.59. The zero-order chi connectivity index (χ0) is 29.5. The van der Waals surface area contributed by atoms with Gasteiger partial charge in [-0.05, 0) is 76.3 Å². The Balaban J connectivity index is 1.63. The lowest BCUT2D eigenvalue weighted by atomic mass is 9.94. The minimum Gasteiger partial charge on any atom is -0.477 e. The highest BCUT2D eigenvalue weighted by Crippen LogP contribution is 2.46. The summed E-state index contributed by atoms with van der Waals surface area (Å²) in [7, 11) is -4.23. The molecule has 15 heteroatoms. The molecule has 2 fully saturated rings. The van der Waals surface area contributed by atoms with Gasteiger partial charge in [0, 0.05) is 17.3 Å². The van der Waals surface area contributed by atoms with Crippen molar-refractivity contribution in [1.29, 1.82) is 0 Å². The van der Waals surface area contributed by atoms with Gasteiger partial charge in [0.25, 0.3) is 11.8 Å². The molecule has 1 aromatic carbocycles. The van der Waals surface area contributed by atoms with E-state index in [1.54, 1.807) is 0 Å². The number of ether oxygens (including phenoxy) is 1. The molecule has 4 rings (SSSR count). The third kappa shape index (κ3) is 6.28. The van der Waals surface area contributed by atoms with Crippen molar-refractivity contribution >= 4 is 39.3 Å². The highest BCUT2D eigenvalue weighted by atomic mass is 35.5. The van der Waals surface area contributed by atoms with Gasteiger partial charge in [0.05, 0.1) is 5.56 Å². The van der Waals surface area contributed by atoms with Gasteiger partial charge in [-0.3, -0.25) is 9.59 Å². The van der Waals surface area contributed by atoms with Crippen LogP contribution in [0.5, 0.6) is 5.75 Å². The summed E-state index contributed by atoms with van der Waals surface area (Å²) in [6.45, 7) is 1.41. The molecule has 0 spiro atoms. The number of aromatic nitrogens is 1. The number of pyridine rings is 1. The van der Waals surface area contributed by atoms with Gasteiger partial charge in [0.1, 0.15) is 28.7 Å². The summed E-state index contributed by atoms with van der Waals surface area (Å²) in [5.41, 5.74) is -2.65. The first-order valence-electron chi connectivity index (χ1n) is 12.5. The first-order chi connectivity index (χ1) is 18.5. The summed E-state index contributed by atoms with van der Waals surface area (Å²) in [5.74, 6) is -1.52. The number of sulfonamides is 1. The summed E-state index contributed by atoms with van der Waals surface area (Å²) in [5, 5.41) is 10.3. The number of fused-ring (bicyclic) bond motifs is 2. The van der Waals surface area contributed by atoms with E-state index in [9.17, 15) is 31.2 Å². The van der Waals surface area contributed by atoms with Crippen molar-refractivity contribution in [3.63, 3.8) is 0 Å². The van der Waals surface area contributed by atoms with E-state index in [-0.39, 0.29) is 33.1 Å². The number of rotatable bonds is 8. The molecule has 4 N–H and O–H groups in total. The zero-order valence-electron chi connectivity index (χ0n) is 21.7. The SMILES string of the molecule is CC(C)(Oc1ccc(Cl)cc1S(N)(=O)=O)C(=O)NC12CCCC(CC1)N2c1ncccc1C(=O)NCC(F)(F)F. The van der Waals surface area contributed by atoms with Crippen LogP contribution in [0.2, 0.25) is 5.02 Å². The highest BCUT2D eigenvalue weighted by Gasteiger charge is 2.52. The van der Waals surface area contributed by atoms with Crippen LogP contribution < -0.4 is 25.4 Å². The van der Waals surface area contributed by atoms with Crippen LogP contribution in [-0.2, 0) is 14.8 Å². The summed E-state index contributed by atoms with van der Waals surface area (Å²) < 4.78 is 68.3. The second-order valence-corrected chi connectivity index (χ2v) is 12.3. The van der Waals surface area contributed by atoms with Gasteiger partial charge < -0.3 is 20.3 Å². The fourth-order valence-electron chi connectivity index (χ4n) is 5.23. The molecule has 10 nitrogen and oxygen atoms in total. The van der Waals surface area contributed by atoms with Gasteiger partial charge >= 0.3 is 6.18 Å². The Morgan fingerprint density at radius 3 is 2.62 bits per heavy atom. The predicted octanol–water partition coefficient (Wildman–Crippen LogP) is 3.50. The van der Waals surface area contributed by atoms with Gasteiger partial charge in [-0.2, -0.15) is 13.2 Å². The Kier molecular flexibility index (Phi) is 8.00. The van der Waals surface area contributed by atoms with E-state index in [4.69, 9.17) is 21.5 Å². The molecule has 2 aliphatic heterocycles. The Bertz CT molecular complexity index is 1420. The molecule has 1 aromatic heterocycles. The lowest BCUT2D eigenvalue weighted by molar-refractivity contribution is -0.136. The van der Waals surface area contributed by atoms with Crippen LogP contribution in [0.1, 0.15) is 56.3 Å². The Hall–Kier alpha value is -3.10. The van der Waals surface area contributed by atoms with Gasteiger partial charge in [0.15, 0.2) is 5.60 Å². The summed E-state index contributed by atoms with van der Waals surface area (Å²) in [6.07, 6.45) is -0.0531. The molecule has 2 aromatic rings. The van der Waals surface area contributed by atoms with Gasteiger partial charge in [-0.25, -0.2) is 18.5 Å². The van der Waals surface area contributed by atoms with Gasteiger partial charge in [-0.15, -0.1) is 0 Å². The van der Waals surface area contributed by atoms with E-state index in [2.05, 4.69) is 10.3 Å². The maximum atomic E-state index is 13.7. The van der Waals surface area contributed by atoms with Crippen LogP contribution in [0, 0.1) is 0 Å². The summed E-state index contributed by atoms with van der Waals surface area (Å²) in [4.78, 5) is 32.2. The number of primary sulfonamides is 1. The summed E-state index contributed by atoms with van der Waals surface area (Å²) in [6, 6.07) is 6.54. The molecule has 2 unspecified atom stereocenters. The average Bonchev–Trinajstić information content (AvgIpc) is 3.06. The number of amides is 2. The molecule has 0 aliphatic carbocycles. The Labute approximate surface area is 234 Å². The molecule has 2 amide bonds. The predicted molar refractivity (Wildman–Crippen MR) is 140 cm³/mol. The van der Waals surface area contributed by atoms with Crippen molar-refractivity contribution in [1.82, 2.24) is 15.6 Å². The lowest BCUT2D eigenvalue weighted by Gasteiger charge is -2.47. The quantitative estimate of drug-likeness (QED) is 0.419. The number of carbonyl (C=O) groups is 2. The Morgan fingerprint density at radius 1 is 1.23 bits per heavy atom. The number of anilines is 1. The second kappa shape index (κ2) is 10.7. The maximum absolute atomic E-state index is 13.7. The van der Waals surface area contributed by atoms with Crippen molar-refractivity contribution in [3.8, 4) is 5.75 Å². The fraction of sp³-hybridized carbons (Fsp3) is 0.480. The van der Waals surface area contributed by atoms with Crippen molar-refractivity contribution in [2.24, 2.45) is 5.14 Å². The lowest BCUT2D eigenvalue weighted by Crippen LogP contribution is -2.65. The van der Waals surface area contributed by atoms with E-state index in [1.165, 1.54) is 44.3 Å². The van der Waals surface area contributed by atoms with E-state index in [0.717, 1.165) is 18.9 Å². The van der Waals surface area contributed by atoms with E-state index in [1.807, 2.05) is 10.2 Å². The van der Waals surface area contributed by atoms with Crippen LogP contribution in [-0.4, -0.2) is 55.2 Å². The number of benzene rings is 1. The first kappa shape index (κ1) is 29.9. The zero-order valence-corrected chi connectivity index (χ0v) is 23.3. The Morgan fingerprint density at radius 2 is 1.95 bits per heavy atom. The molecule has 0 saturated carbocycles. The highest BCUT2D eigenvalue weighted by molar-refractivity contribution is 7.89. The third-order valence-corrected chi connectivity index (χ3v) is 8.19. The molecule has 2 atom stereocenters. The molecule has 218 valence electrons. The molecule has 0 radical (unpaired) electrons. The van der Waals surface area contributed by atoms with Crippen LogP contribution in [0.3, 0.4) is 0 Å². The monoisotopic (exact) mass is 603 g/mol. The number of nitrogens with zero attached hydrogens (tertiary/aromatic N) is 2. The number of carbonyl (C=O) groups excluding carboxylic acids is 2. The number of alkyl halides is 3. The molecular weight excluding hydrogens is 575 g/mol. The topological polar surface area (TPSA) is 144 Å². The third-order valence-electron chi connectivity index (χ3n) is 7.02. The standard InChI is InChI=1S/C25H29ClF3N5O5S/c1-23(2,39-18-8-7-15(26)13-19(18)40(30,37)38)22(36)33-24-10-3-5-16(9-11-24)34(24)20-17(6-4-12-31-20)21(35)32-14-25(27,28)29/h4,6-8,12-13,16H,3,5,9-11,14H2,1-2H3,(H,32,35)(H,33,36)(H2,30,37,38). The van der Waals surface area contributed by atoms with Crippen molar-refractivity contribution in [3.05, 3.63) is 47.1 Å². The molecule has 2 bridgehead atoms. The number of nitrogens with one attached hydrogen (secondary N) is 2. The van der Waals surface area contributed by atoms with Crippen LogP contribution in [0.15, 0.2) is 41.4 Å². The largest absolute Gasteiger partial charge is 0.477 e.